The molecule has 0 fully saturated rings. The maximum absolute atomic E-state index is 10.7. The summed E-state index contributed by atoms with van der Waals surface area (Å²) in [5.74, 6) is -3.25. The van der Waals surface area contributed by atoms with Crippen LogP contribution in [0, 0.1) is 4.91 Å². The molecule has 0 heterocycles. The van der Waals surface area contributed by atoms with Gasteiger partial charge >= 0.3 is 0 Å². The average Bonchev–Trinajstić information content (AvgIpc) is 2.02. The average molecular weight is 193 g/mol. The molecule has 76 valence electrons. The molecule has 7 heteroatoms. The largest absolute Gasteiger partial charge is 0.370 e. The highest BCUT2D eigenvalue weighted by Crippen LogP contribution is 1.98. The quantitative estimate of drug-likeness (QED) is 0.232. The molecule has 7 nitrogen and oxygen atoms in total. The number of aliphatic hydroxyl groups is 2. The first-order valence-electron chi connectivity index (χ1n) is 3.49. The maximum Gasteiger partial charge on any atom is 0.223 e. The molecule has 0 aromatic rings. The third-order valence-corrected chi connectivity index (χ3v) is 1.13. The minimum atomic E-state index is -2.39. The summed E-state index contributed by atoms with van der Waals surface area (Å²) >= 11 is 0. The van der Waals surface area contributed by atoms with Crippen LogP contribution in [0.25, 0.3) is 0 Å². The van der Waals surface area contributed by atoms with Crippen LogP contribution in [0.4, 0.5) is 0 Å². The van der Waals surface area contributed by atoms with Crippen molar-refractivity contribution in [1.82, 2.24) is 0 Å². The van der Waals surface area contributed by atoms with Gasteiger partial charge in [-0.05, 0) is 6.92 Å². The van der Waals surface area contributed by atoms with Crippen LogP contribution in [-0.2, 0) is 14.4 Å². The van der Waals surface area contributed by atoms with Crippen molar-refractivity contribution < 1.29 is 24.6 Å². The number of ether oxygens (including phenoxy) is 1. The normalized spacial score (nSPS) is 11.0. The van der Waals surface area contributed by atoms with Crippen molar-refractivity contribution >= 4 is 5.78 Å². The minimum absolute atomic E-state index is 0.0203. The first kappa shape index (κ1) is 11.9. The highest BCUT2D eigenvalue weighted by atomic mass is 16.7. The fourth-order valence-corrected chi connectivity index (χ4v) is 0.435. The van der Waals surface area contributed by atoms with Gasteiger partial charge in [0.05, 0.1) is 6.61 Å². The summed E-state index contributed by atoms with van der Waals surface area (Å²) in [7, 11) is 0. The Morgan fingerprint density at radius 2 is 2.08 bits per heavy atom. The van der Waals surface area contributed by atoms with E-state index in [4.69, 9.17) is 10.2 Å². The maximum atomic E-state index is 10.7. The summed E-state index contributed by atoms with van der Waals surface area (Å²) in [5, 5.41) is 19.5. The second kappa shape index (κ2) is 5.57. The lowest BCUT2D eigenvalue weighted by Gasteiger charge is -2.13. The first-order chi connectivity index (χ1) is 5.98. The predicted octanol–water partition coefficient (Wildman–Crippen LogP) is -1.03. The number of carbonyl (C=O) groups excluding carboxylic acids is 1. The molecule has 0 aromatic heterocycles. The molecule has 0 rings (SSSR count). The number of hydrogen-bond donors (Lipinski definition) is 2. The number of hydrogen-bond acceptors (Lipinski definition) is 7. The molecule has 0 saturated heterocycles. The fourth-order valence-electron chi connectivity index (χ4n) is 0.435. The van der Waals surface area contributed by atoms with Crippen molar-refractivity contribution in [1.29, 1.82) is 0 Å². The second-order valence-corrected chi connectivity index (χ2v) is 2.40. The SMILES string of the molecule is CC(O)(O)C(=O)COCCON=O. The van der Waals surface area contributed by atoms with Gasteiger partial charge in [-0.3, -0.25) is 4.79 Å². The number of nitrogens with zero attached hydrogens (tertiary/aromatic N) is 1. The highest BCUT2D eigenvalue weighted by molar-refractivity contribution is 5.85. The summed E-state index contributed by atoms with van der Waals surface area (Å²) in [6, 6.07) is 0. The van der Waals surface area contributed by atoms with Crippen molar-refractivity contribution in [3.8, 4) is 0 Å². The topological polar surface area (TPSA) is 105 Å². The standard InChI is InChI=1S/C6H11NO6/c1-6(9,10)5(8)4-12-2-3-13-7-11/h9-10H,2-4H2,1H3. The van der Waals surface area contributed by atoms with E-state index in [1.807, 2.05) is 0 Å². The van der Waals surface area contributed by atoms with Crippen LogP contribution in [0.15, 0.2) is 5.34 Å². The van der Waals surface area contributed by atoms with Crippen molar-refractivity contribution in [3.05, 3.63) is 4.91 Å². The number of rotatable bonds is 7. The Balaban J connectivity index is 3.43. The van der Waals surface area contributed by atoms with Gasteiger partial charge in [0.25, 0.3) is 0 Å². The molecule has 0 aliphatic heterocycles. The fraction of sp³-hybridized carbons (Fsp3) is 0.833. The molecule has 0 atom stereocenters. The molecule has 0 aliphatic carbocycles. The number of Topliss-reactive ketones (excluding diaryl/α,β-unsaturated/α-hetero) is 1. The monoisotopic (exact) mass is 193 g/mol. The lowest BCUT2D eigenvalue weighted by Crippen LogP contribution is -2.37. The minimum Gasteiger partial charge on any atom is -0.370 e. The van der Waals surface area contributed by atoms with Gasteiger partial charge in [-0.2, -0.15) is 0 Å². The Labute approximate surface area is 74.2 Å². The highest BCUT2D eigenvalue weighted by Gasteiger charge is 2.25. The van der Waals surface area contributed by atoms with E-state index in [9.17, 15) is 9.70 Å². The van der Waals surface area contributed by atoms with Crippen molar-refractivity contribution in [2.24, 2.45) is 5.34 Å². The molecule has 0 spiro atoms. The lowest BCUT2D eigenvalue weighted by atomic mass is 10.2. The molecule has 0 unspecified atom stereocenters. The van der Waals surface area contributed by atoms with Crippen molar-refractivity contribution in [2.45, 2.75) is 12.7 Å². The third kappa shape index (κ3) is 6.14. The van der Waals surface area contributed by atoms with Gasteiger partial charge in [0, 0.05) is 0 Å². The second-order valence-electron chi connectivity index (χ2n) is 2.40. The van der Waals surface area contributed by atoms with E-state index in [2.05, 4.69) is 14.9 Å². The Bertz CT molecular complexity index is 174. The Kier molecular flexibility index (Phi) is 5.12. The van der Waals surface area contributed by atoms with Gasteiger partial charge in [-0.25, -0.2) is 0 Å². The van der Waals surface area contributed by atoms with Gasteiger partial charge < -0.3 is 19.8 Å². The van der Waals surface area contributed by atoms with Gasteiger partial charge in [0.1, 0.15) is 13.2 Å². The summed E-state index contributed by atoms with van der Waals surface area (Å²) in [6.45, 7) is 0.381. The Morgan fingerprint density at radius 3 is 2.54 bits per heavy atom. The number of ketones is 1. The van der Waals surface area contributed by atoms with Crippen LogP contribution in [0.2, 0.25) is 0 Å². The lowest BCUT2D eigenvalue weighted by molar-refractivity contribution is -0.180. The van der Waals surface area contributed by atoms with Crippen LogP contribution in [0.1, 0.15) is 6.92 Å². The summed E-state index contributed by atoms with van der Waals surface area (Å²) in [4.78, 5) is 24.1. The van der Waals surface area contributed by atoms with Crippen molar-refractivity contribution in [2.75, 3.05) is 19.8 Å². The summed E-state index contributed by atoms with van der Waals surface area (Å²) < 4.78 is 4.63. The Hall–Kier alpha value is -1.05. The molecule has 0 bridgehead atoms. The molecular weight excluding hydrogens is 182 g/mol. The smallest absolute Gasteiger partial charge is 0.223 e. The van der Waals surface area contributed by atoms with Crippen LogP contribution in [-0.4, -0.2) is 41.6 Å². The molecule has 0 amide bonds. The zero-order valence-corrected chi connectivity index (χ0v) is 7.10. The van der Waals surface area contributed by atoms with E-state index in [1.165, 1.54) is 0 Å². The van der Waals surface area contributed by atoms with Gasteiger partial charge in [0.2, 0.25) is 11.6 Å². The summed E-state index contributed by atoms with van der Waals surface area (Å²) in [5.41, 5.74) is 0. The van der Waals surface area contributed by atoms with E-state index in [0.717, 1.165) is 6.92 Å². The van der Waals surface area contributed by atoms with Crippen LogP contribution in [0.5, 0.6) is 0 Å². The predicted molar refractivity (Wildman–Crippen MR) is 40.4 cm³/mol. The zero-order chi connectivity index (χ0) is 10.3. The van der Waals surface area contributed by atoms with Crippen LogP contribution < -0.4 is 0 Å². The molecule has 0 aromatic carbocycles. The van der Waals surface area contributed by atoms with E-state index >= 15 is 0 Å². The molecule has 0 radical (unpaired) electrons. The van der Waals surface area contributed by atoms with Gasteiger partial charge in [-0.15, -0.1) is 4.91 Å². The van der Waals surface area contributed by atoms with Crippen LogP contribution >= 0.6 is 0 Å². The van der Waals surface area contributed by atoms with Crippen molar-refractivity contribution in [3.63, 3.8) is 0 Å². The van der Waals surface area contributed by atoms with E-state index in [-0.39, 0.29) is 13.2 Å². The molecule has 2 N–H and O–H groups in total. The molecule has 0 saturated carbocycles. The van der Waals surface area contributed by atoms with E-state index < -0.39 is 18.2 Å². The first-order valence-corrected chi connectivity index (χ1v) is 3.49. The molecular formula is C6H11NO6. The third-order valence-electron chi connectivity index (χ3n) is 1.13. The van der Waals surface area contributed by atoms with E-state index in [1.54, 1.807) is 0 Å². The van der Waals surface area contributed by atoms with Gasteiger partial charge in [0.15, 0.2) is 5.34 Å². The number of carbonyl (C=O) groups is 1. The van der Waals surface area contributed by atoms with Crippen LogP contribution in [0.3, 0.4) is 0 Å². The molecule has 0 aliphatic rings. The molecule has 13 heavy (non-hydrogen) atoms. The summed E-state index contributed by atoms with van der Waals surface area (Å²) in [6.07, 6.45) is 0. The van der Waals surface area contributed by atoms with Gasteiger partial charge in [-0.1, -0.05) is 0 Å². The zero-order valence-electron chi connectivity index (χ0n) is 7.10. The van der Waals surface area contributed by atoms with E-state index in [0.29, 0.717) is 0 Å². The Morgan fingerprint density at radius 1 is 1.46 bits per heavy atom.